The lowest BCUT2D eigenvalue weighted by molar-refractivity contribution is 0.668. The maximum Gasteiger partial charge on any atom is 0.164 e. The molecular formula is C62H35N3O2. The van der Waals surface area contributed by atoms with Crippen LogP contribution in [0.5, 0.6) is 0 Å². The summed E-state index contributed by atoms with van der Waals surface area (Å²) < 4.78 is 12.5. The van der Waals surface area contributed by atoms with E-state index in [1.54, 1.807) is 0 Å². The minimum absolute atomic E-state index is 0.430. The molecule has 0 fully saturated rings. The van der Waals surface area contributed by atoms with E-state index in [-0.39, 0.29) is 0 Å². The molecule has 15 rings (SSSR count). The molecule has 0 atom stereocenters. The van der Waals surface area contributed by atoms with Gasteiger partial charge in [-0.3, -0.25) is 0 Å². The summed E-state index contributed by atoms with van der Waals surface area (Å²) in [6, 6.07) is 75.7. The van der Waals surface area contributed by atoms with Crippen molar-refractivity contribution in [1.82, 2.24) is 15.0 Å². The molecule has 10 aromatic carbocycles. The quantitative estimate of drug-likeness (QED) is 0.176. The molecule has 3 aromatic heterocycles. The standard InChI is InChI=1S/C62H35N3O2/c1-2-15-39-38(14-1)40(45-21-13-25-53-58(45)47-20-5-10-24-52(47)62(53)50-22-8-3-16-41(50)42-17-4-9-23-51(42)62)30-31-46(39)61-64-59(36-28-32-56-48(34-36)43-18-6-11-26-54(43)66-56)63-60(65-61)37-29-33-57-49(35-37)44-19-7-12-27-55(44)67-57/h1-35H. The molecule has 0 aliphatic heterocycles. The second kappa shape index (κ2) is 13.6. The number of nitrogens with zero attached hydrogens (tertiary/aromatic N) is 3. The molecule has 0 N–H and O–H groups in total. The highest BCUT2D eigenvalue weighted by Crippen LogP contribution is 2.64. The summed E-state index contributed by atoms with van der Waals surface area (Å²) in [5.74, 6) is 1.76. The molecule has 67 heavy (non-hydrogen) atoms. The molecule has 310 valence electrons. The summed E-state index contributed by atoms with van der Waals surface area (Å²) in [5.41, 5.74) is 18.4. The Hall–Kier alpha value is -8.93. The van der Waals surface area contributed by atoms with Crippen molar-refractivity contribution in [3.05, 3.63) is 235 Å². The summed E-state index contributed by atoms with van der Waals surface area (Å²) in [6.07, 6.45) is 0. The highest BCUT2D eigenvalue weighted by atomic mass is 16.3. The van der Waals surface area contributed by atoms with Crippen LogP contribution in [0, 0.1) is 0 Å². The fourth-order valence-electron chi connectivity index (χ4n) is 11.6. The Kier molecular flexibility index (Phi) is 7.36. The predicted octanol–water partition coefficient (Wildman–Crippen LogP) is 15.8. The van der Waals surface area contributed by atoms with Crippen LogP contribution in [0.3, 0.4) is 0 Å². The van der Waals surface area contributed by atoms with Gasteiger partial charge >= 0.3 is 0 Å². The predicted molar refractivity (Wildman–Crippen MR) is 270 cm³/mol. The van der Waals surface area contributed by atoms with Crippen LogP contribution < -0.4 is 0 Å². The number of furan rings is 2. The lowest BCUT2D eigenvalue weighted by Crippen LogP contribution is -2.25. The number of aromatic nitrogens is 3. The fourth-order valence-corrected chi connectivity index (χ4v) is 11.6. The van der Waals surface area contributed by atoms with E-state index in [0.29, 0.717) is 17.5 Å². The summed E-state index contributed by atoms with van der Waals surface area (Å²) in [7, 11) is 0. The van der Waals surface area contributed by atoms with Crippen molar-refractivity contribution in [2.75, 3.05) is 0 Å². The second-order valence-corrected chi connectivity index (χ2v) is 17.7. The van der Waals surface area contributed by atoms with Gasteiger partial charge in [-0.25, -0.2) is 15.0 Å². The van der Waals surface area contributed by atoms with E-state index in [9.17, 15) is 0 Å². The second-order valence-electron chi connectivity index (χ2n) is 17.7. The molecule has 0 bridgehead atoms. The zero-order chi connectivity index (χ0) is 43.8. The van der Waals surface area contributed by atoms with Crippen LogP contribution >= 0.6 is 0 Å². The fraction of sp³-hybridized carbons (Fsp3) is 0.0161. The van der Waals surface area contributed by atoms with Crippen LogP contribution in [0.15, 0.2) is 221 Å². The van der Waals surface area contributed by atoms with Crippen LogP contribution in [-0.2, 0) is 5.41 Å². The molecule has 0 unspecified atom stereocenters. The summed E-state index contributed by atoms with van der Waals surface area (Å²) in [6.45, 7) is 0. The van der Waals surface area contributed by atoms with Crippen molar-refractivity contribution in [2.24, 2.45) is 0 Å². The Labute approximate surface area is 384 Å². The van der Waals surface area contributed by atoms with Crippen molar-refractivity contribution in [1.29, 1.82) is 0 Å². The first-order chi connectivity index (χ1) is 33.2. The lowest BCUT2D eigenvalue weighted by Gasteiger charge is -2.30. The van der Waals surface area contributed by atoms with Crippen molar-refractivity contribution < 1.29 is 8.83 Å². The minimum atomic E-state index is -0.430. The zero-order valence-corrected chi connectivity index (χ0v) is 35.9. The molecule has 1 spiro atoms. The molecule has 0 saturated carbocycles. The first-order valence-corrected chi connectivity index (χ1v) is 22.8. The smallest absolute Gasteiger partial charge is 0.164 e. The Balaban J connectivity index is 0.950. The van der Waals surface area contributed by atoms with Gasteiger partial charge in [-0.2, -0.15) is 0 Å². The summed E-state index contributed by atoms with van der Waals surface area (Å²) in [4.78, 5) is 15.9. The molecule has 0 saturated heterocycles. The molecule has 0 amide bonds. The van der Waals surface area contributed by atoms with Gasteiger partial charge in [0.25, 0.3) is 0 Å². The van der Waals surface area contributed by atoms with E-state index in [2.05, 4.69) is 152 Å². The first-order valence-electron chi connectivity index (χ1n) is 22.8. The molecule has 2 aliphatic rings. The van der Waals surface area contributed by atoms with Gasteiger partial charge in [0.1, 0.15) is 22.3 Å². The number of fused-ring (bicyclic) bond motifs is 17. The third-order valence-corrected chi connectivity index (χ3v) is 14.4. The zero-order valence-electron chi connectivity index (χ0n) is 35.9. The van der Waals surface area contributed by atoms with Gasteiger partial charge in [-0.1, -0.05) is 158 Å². The van der Waals surface area contributed by atoms with Gasteiger partial charge in [0.05, 0.1) is 5.41 Å². The molecule has 3 heterocycles. The monoisotopic (exact) mass is 853 g/mol. The summed E-state index contributed by atoms with van der Waals surface area (Å²) >= 11 is 0. The van der Waals surface area contributed by atoms with Gasteiger partial charge in [0.15, 0.2) is 17.5 Å². The average Bonchev–Trinajstić information content (AvgIpc) is 4.13. The number of hydrogen-bond donors (Lipinski definition) is 0. The van der Waals surface area contributed by atoms with E-state index in [4.69, 9.17) is 23.8 Å². The van der Waals surface area contributed by atoms with Crippen LogP contribution in [-0.4, -0.2) is 15.0 Å². The Morgan fingerprint density at radius 3 is 1.28 bits per heavy atom. The molecule has 0 radical (unpaired) electrons. The summed E-state index contributed by atoms with van der Waals surface area (Å²) in [5, 5.41) is 6.32. The maximum absolute atomic E-state index is 6.24. The molecule has 2 aliphatic carbocycles. The Bertz CT molecular complexity index is 4070. The SMILES string of the molecule is c1ccc2c(c1)-c1ccccc1C21c2ccccc2-c2c(-c3ccc(-c4nc(-c5ccc6oc7ccccc7c6c5)nc(-c5ccc6oc7ccccc7c6c5)n4)c4ccccc34)cccc21. The van der Waals surface area contributed by atoms with Crippen molar-refractivity contribution >= 4 is 54.6 Å². The van der Waals surface area contributed by atoms with Gasteiger partial charge in [0.2, 0.25) is 0 Å². The Morgan fingerprint density at radius 1 is 0.269 bits per heavy atom. The topological polar surface area (TPSA) is 65.0 Å². The van der Waals surface area contributed by atoms with E-state index in [1.807, 2.05) is 60.7 Å². The first kappa shape index (κ1) is 36.4. The third-order valence-electron chi connectivity index (χ3n) is 14.4. The number of benzene rings is 10. The van der Waals surface area contributed by atoms with Gasteiger partial charge in [0, 0.05) is 38.2 Å². The third kappa shape index (κ3) is 5.00. The van der Waals surface area contributed by atoms with Crippen molar-refractivity contribution in [3.8, 4) is 67.5 Å². The van der Waals surface area contributed by atoms with Gasteiger partial charge in [-0.15, -0.1) is 0 Å². The van der Waals surface area contributed by atoms with Crippen molar-refractivity contribution in [2.45, 2.75) is 5.41 Å². The lowest BCUT2D eigenvalue weighted by atomic mass is 9.70. The van der Waals surface area contributed by atoms with E-state index < -0.39 is 5.41 Å². The minimum Gasteiger partial charge on any atom is -0.456 e. The van der Waals surface area contributed by atoms with Crippen molar-refractivity contribution in [3.63, 3.8) is 0 Å². The van der Waals surface area contributed by atoms with E-state index in [1.165, 1.54) is 50.1 Å². The highest BCUT2D eigenvalue weighted by Gasteiger charge is 2.52. The molecule has 5 nitrogen and oxygen atoms in total. The molecular weight excluding hydrogens is 819 g/mol. The normalized spacial score (nSPS) is 13.2. The van der Waals surface area contributed by atoms with Crippen LogP contribution in [0.4, 0.5) is 0 Å². The highest BCUT2D eigenvalue weighted by molar-refractivity contribution is 6.10. The van der Waals surface area contributed by atoms with E-state index in [0.717, 1.165) is 76.9 Å². The molecule has 13 aromatic rings. The Morgan fingerprint density at radius 2 is 0.687 bits per heavy atom. The largest absolute Gasteiger partial charge is 0.456 e. The average molecular weight is 854 g/mol. The maximum atomic E-state index is 6.24. The number of para-hydroxylation sites is 2. The van der Waals surface area contributed by atoms with Crippen LogP contribution in [0.1, 0.15) is 22.3 Å². The molecule has 5 heteroatoms. The number of hydrogen-bond acceptors (Lipinski definition) is 5. The van der Waals surface area contributed by atoms with Gasteiger partial charge < -0.3 is 8.83 Å². The van der Waals surface area contributed by atoms with Gasteiger partial charge in [-0.05, 0) is 121 Å². The van der Waals surface area contributed by atoms with Crippen LogP contribution in [0.2, 0.25) is 0 Å². The van der Waals surface area contributed by atoms with Crippen LogP contribution in [0.25, 0.3) is 122 Å². The van der Waals surface area contributed by atoms with E-state index >= 15 is 0 Å². The number of rotatable bonds is 4.